The van der Waals surface area contributed by atoms with Gasteiger partial charge in [-0.2, -0.15) is 0 Å². The zero-order chi connectivity index (χ0) is 38.5. The van der Waals surface area contributed by atoms with Crippen LogP contribution in [0.15, 0.2) is 90.1 Å². The molecule has 3 aromatic carbocycles. The van der Waals surface area contributed by atoms with Crippen LogP contribution in [0.1, 0.15) is 72.6 Å². The first-order valence-electron chi connectivity index (χ1n) is 18.5. The summed E-state index contributed by atoms with van der Waals surface area (Å²) in [5, 5.41) is 6.83. The number of piperidine rings is 1. The molecule has 5 rings (SSSR count). The normalized spacial score (nSPS) is 22.4. The van der Waals surface area contributed by atoms with E-state index in [2.05, 4.69) is 17.4 Å². The SMILES string of the molecule is CCCNC(=O)OC[C@H]1O[C@H](CCON=Cc2ccc(C(=O)N3[C@H](c4ccc(C)cc4)[C@@H](C)CC[C@H]3C(=O)OC)cc2)C=C[C@@H]1Oc1ccc(OC)cc1. The molecule has 2 amide bonds. The van der Waals surface area contributed by atoms with E-state index in [1.807, 2.05) is 50.3 Å². The molecule has 2 aliphatic heterocycles. The van der Waals surface area contributed by atoms with Gasteiger partial charge in [-0.3, -0.25) is 4.79 Å². The van der Waals surface area contributed by atoms with Gasteiger partial charge in [0.25, 0.3) is 5.91 Å². The minimum absolute atomic E-state index is 0.00145. The summed E-state index contributed by atoms with van der Waals surface area (Å²) >= 11 is 0. The molecule has 0 radical (unpaired) electrons. The first kappa shape index (κ1) is 39.8. The van der Waals surface area contributed by atoms with E-state index in [0.29, 0.717) is 36.4 Å². The summed E-state index contributed by atoms with van der Waals surface area (Å²) < 4.78 is 28.2. The van der Waals surface area contributed by atoms with Crippen molar-refractivity contribution >= 4 is 24.2 Å². The molecular weight excluding hydrogens is 690 g/mol. The van der Waals surface area contributed by atoms with Crippen LogP contribution in [0.25, 0.3) is 0 Å². The maximum absolute atomic E-state index is 14.1. The van der Waals surface area contributed by atoms with E-state index in [-0.39, 0.29) is 37.2 Å². The third-order valence-electron chi connectivity index (χ3n) is 9.59. The molecule has 54 heavy (non-hydrogen) atoms. The lowest BCUT2D eigenvalue weighted by Gasteiger charge is -2.44. The molecule has 1 N–H and O–H groups in total. The largest absolute Gasteiger partial charge is 0.497 e. The fraction of sp³-hybridized carbons (Fsp3) is 0.429. The second-order valence-corrected chi connectivity index (χ2v) is 13.5. The fourth-order valence-corrected chi connectivity index (χ4v) is 6.62. The van der Waals surface area contributed by atoms with Gasteiger partial charge in [0.15, 0.2) is 0 Å². The van der Waals surface area contributed by atoms with Crippen molar-refractivity contribution in [3.05, 3.63) is 107 Å². The molecule has 0 unspecified atom stereocenters. The van der Waals surface area contributed by atoms with E-state index < -0.39 is 30.3 Å². The highest BCUT2D eigenvalue weighted by atomic mass is 16.6. The van der Waals surface area contributed by atoms with E-state index in [4.69, 9.17) is 28.5 Å². The number of likely N-dealkylation sites (tertiary alicyclic amines) is 1. The van der Waals surface area contributed by atoms with Crippen molar-refractivity contribution in [2.75, 3.05) is 34.0 Å². The van der Waals surface area contributed by atoms with Crippen molar-refractivity contribution in [1.82, 2.24) is 10.2 Å². The molecule has 0 spiro atoms. The molecule has 12 nitrogen and oxygen atoms in total. The molecule has 1 saturated heterocycles. The van der Waals surface area contributed by atoms with Crippen molar-refractivity contribution in [3.8, 4) is 11.5 Å². The van der Waals surface area contributed by atoms with Gasteiger partial charge < -0.3 is 38.7 Å². The van der Waals surface area contributed by atoms with Crippen LogP contribution in [0.2, 0.25) is 0 Å². The first-order chi connectivity index (χ1) is 26.2. The molecular formula is C42H51N3O9. The van der Waals surface area contributed by atoms with Crippen LogP contribution in [0.4, 0.5) is 4.79 Å². The number of oxime groups is 1. The molecule has 6 atom stereocenters. The Hall–Kier alpha value is -5.36. The van der Waals surface area contributed by atoms with Crippen LogP contribution in [0.5, 0.6) is 11.5 Å². The zero-order valence-corrected chi connectivity index (χ0v) is 31.6. The molecule has 0 saturated carbocycles. The maximum Gasteiger partial charge on any atom is 0.407 e. The predicted octanol–water partition coefficient (Wildman–Crippen LogP) is 6.81. The van der Waals surface area contributed by atoms with Gasteiger partial charge in [0, 0.05) is 18.5 Å². The van der Waals surface area contributed by atoms with Crippen LogP contribution in [-0.2, 0) is 23.8 Å². The summed E-state index contributed by atoms with van der Waals surface area (Å²) in [5.41, 5.74) is 3.32. The van der Waals surface area contributed by atoms with Crippen molar-refractivity contribution in [1.29, 1.82) is 0 Å². The lowest BCUT2D eigenvalue weighted by molar-refractivity contribution is -0.149. The number of benzene rings is 3. The number of esters is 1. The van der Waals surface area contributed by atoms with Crippen molar-refractivity contribution in [3.63, 3.8) is 0 Å². The van der Waals surface area contributed by atoms with E-state index in [1.54, 1.807) is 66.8 Å². The van der Waals surface area contributed by atoms with E-state index in [1.165, 1.54) is 7.11 Å². The molecule has 0 bridgehead atoms. The number of hydrogen-bond acceptors (Lipinski definition) is 10. The van der Waals surface area contributed by atoms with Crippen LogP contribution < -0.4 is 14.8 Å². The monoisotopic (exact) mass is 741 g/mol. The highest BCUT2D eigenvalue weighted by molar-refractivity contribution is 5.98. The average molecular weight is 742 g/mol. The Morgan fingerprint density at radius 3 is 2.35 bits per heavy atom. The average Bonchev–Trinajstić information content (AvgIpc) is 3.20. The molecule has 1 fully saturated rings. The van der Waals surface area contributed by atoms with Gasteiger partial charge in [-0.1, -0.05) is 67.0 Å². The summed E-state index contributed by atoms with van der Waals surface area (Å²) in [6.45, 7) is 6.88. The number of aryl methyl sites for hydroxylation is 1. The Labute approximate surface area is 317 Å². The van der Waals surface area contributed by atoms with Crippen LogP contribution in [0.3, 0.4) is 0 Å². The predicted molar refractivity (Wildman–Crippen MR) is 204 cm³/mol. The van der Waals surface area contributed by atoms with Crippen molar-refractivity contribution in [2.24, 2.45) is 11.1 Å². The number of rotatable bonds is 15. The molecule has 2 heterocycles. The Morgan fingerprint density at radius 1 is 0.944 bits per heavy atom. The minimum Gasteiger partial charge on any atom is -0.497 e. The number of hydrogen-bond donors (Lipinski definition) is 1. The standard InChI is InChI=1S/C42H51N3O9/c1-6-24-43-42(48)51-27-38-37(53-34-18-16-33(49-4)17-19-34)22-20-35(54-38)23-25-52-44-26-30-10-14-32(15-11-30)40(46)45-36(41(47)50-5)21-9-29(3)39(45)31-12-7-28(2)8-13-31/h7-8,10-20,22,26,29,35-39H,6,9,21,23-25,27H2,1-5H3,(H,43,48)/t29-,35-,36-,37-,38+,39-/m0/s1. The second kappa shape index (κ2) is 19.6. The number of nitrogens with zero attached hydrogens (tertiary/aromatic N) is 2. The van der Waals surface area contributed by atoms with Crippen molar-refractivity contribution < 1.29 is 42.9 Å². The topological polar surface area (TPSA) is 134 Å². The van der Waals surface area contributed by atoms with E-state index in [0.717, 1.165) is 29.5 Å². The lowest BCUT2D eigenvalue weighted by Crippen LogP contribution is -2.52. The highest BCUT2D eigenvalue weighted by Crippen LogP contribution is 2.40. The molecule has 0 aromatic heterocycles. The van der Waals surface area contributed by atoms with Gasteiger partial charge in [0.05, 0.1) is 32.6 Å². The Bertz CT molecular complexity index is 1730. The minimum atomic E-state index is -0.678. The Kier molecular flexibility index (Phi) is 14.5. The summed E-state index contributed by atoms with van der Waals surface area (Å²) in [7, 11) is 2.96. The number of ether oxygens (including phenoxy) is 5. The first-order valence-corrected chi connectivity index (χ1v) is 18.5. The summed E-state index contributed by atoms with van der Waals surface area (Å²) in [5.74, 6) is 0.847. The number of carbonyl (C=O) groups is 3. The van der Waals surface area contributed by atoms with E-state index >= 15 is 0 Å². The zero-order valence-electron chi connectivity index (χ0n) is 31.6. The van der Waals surface area contributed by atoms with Crippen LogP contribution in [-0.4, -0.2) is 87.4 Å². The lowest BCUT2D eigenvalue weighted by atomic mass is 9.82. The van der Waals surface area contributed by atoms with Gasteiger partial charge in [0.2, 0.25) is 0 Å². The van der Waals surface area contributed by atoms with Gasteiger partial charge in [0.1, 0.15) is 43.0 Å². The summed E-state index contributed by atoms with van der Waals surface area (Å²) in [4.78, 5) is 46.4. The number of nitrogens with one attached hydrogen (secondary N) is 1. The number of amides is 2. The van der Waals surface area contributed by atoms with Gasteiger partial charge in [-0.25, -0.2) is 9.59 Å². The third kappa shape index (κ3) is 10.6. The quantitative estimate of drug-likeness (QED) is 0.0587. The van der Waals surface area contributed by atoms with Crippen LogP contribution in [0, 0.1) is 12.8 Å². The van der Waals surface area contributed by atoms with Gasteiger partial charge in [-0.05, 0) is 85.7 Å². The Morgan fingerprint density at radius 2 is 1.67 bits per heavy atom. The number of methoxy groups -OCH3 is 2. The Balaban J connectivity index is 1.17. The molecule has 3 aromatic rings. The maximum atomic E-state index is 14.1. The summed E-state index contributed by atoms with van der Waals surface area (Å²) in [6, 6.07) is 21.4. The molecule has 2 aliphatic rings. The van der Waals surface area contributed by atoms with Crippen molar-refractivity contribution in [2.45, 2.75) is 76.9 Å². The van der Waals surface area contributed by atoms with Gasteiger partial charge >= 0.3 is 12.1 Å². The number of alkyl carbamates (subject to hydrolysis) is 1. The molecule has 0 aliphatic carbocycles. The molecule has 12 heteroatoms. The van der Waals surface area contributed by atoms with Crippen LogP contribution >= 0.6 is 0 Å². The summed E-state index contributed by atoms with van der Waals surface area (Å²) in [6.07, 6.45) is 6.14. The number of carbonyl (C=O) groups excluding carboxylic acids is 3. The van der Waals surface area contributed by atoms with E-state index in [9.17, 15) is 14.4 Å². The van der Waals surface area contributed by atoms with Gasteiger partial charge in [-0.15, -0.1) is 0 Å². The fourth-order valence-electron chi connectivity index (χ4n) is 6.62. The third-order valence-corrected chi connectivity index (χ3v) is 9.59. The second-order valence-electron chi connectivity index (χ2n) is 13.5. The highest BCUT2D eigenvalue weighted by Gasteiger charge is 2.43. The smallest absolute Gasteiger partial charge is 0.407 e. The molecule has 288 valence electrons.